The summed E-state index contributed by atoms with van der Waals surface area (Å²) < 4.78 is 16.5. The normalized spacial score (nSPS) is 31.4. The highest BCUT2D eigenvalue weighted by molar-refractivity contribution is 6.54. The van der Waals surface area contributed by atoms with Crippen molar-refractivity contribution in [1.29, 1.82) is 0 Å². The van der Waals surface area contributed by atoms with Crippen molar-refractivity contribution in [3.8, 4) is 5.75 Å². The number of carbonyl (C=O) groups excluding carboxylic acids is 1. The van der Waals surface area contributed by atoms with E-state index in [2.05, 4.69) is 0 Å². The standard InChI is InChI=1S/C10H12BNO5/c13-5-7-6-15-11(16-7)12-10(14)8-3-1-2-4-9(8)17-11/h1-4,7,13H,5-6,12H2. The van der Waals surface area contributed by atoms with Crippen LogP contribution in [-0.2, 0) is 9.31 Å². The van der Waals surface area contributed by atoms with E-state index in [1.807, 2.05) is 0 Å². The van der Waals surface area contributed by atoms with Gasteiger partial charge in [0.05, 0.1) is 18.5 Å². The molecule has 0 aliphatic carbocycles. The molecular formula is C10H12BNO5. The summed E-state index contributed by atoms with van der Waals surface area (Å²) in [5.74, 6) is 0.282. The van der Waals surface area contributed by atoms with Crippen LogP contribution in [0.5, 0.6) is 5.75 Å². The van der Waals surface area contributed by atoms with E-state index < -0.39 is 13.0 Å². The fourth-order valence-corrected chi connectivity index (χ4v) is 2.09. The number of amides is 1. The summed E-state index contributed by atoms with van der Waals surface area (Å²) in [5, 5.41) is 10.3. The highest BCUT2D eigenvalue weighted by Gasteiger charge is 2.52. The van der Waals surface area contributed by atoms with Gasteiger partial charge in [0.2, 0.25) is 0 Å². The van der Waals surface area contributed by atoms with Crippen molar-refractivity contribution >= 4 is 12.8 Å². The summed E-state index contributed by atoms with van der Waals surface area (Å²) in [4.78, 5) is 11.9. The lowest BCUT2D eigenvalue weighted by Crippen LogP contribution is -3.07. The Morgan fingerprint density at radius 3 is 3.06 bits per heavy atom. The average molecular weight is 237 g/mol. The first-order chi connectivity index (χ1) is 8.22. The third kappa shape index (κ3) is 1.73. The van der Waals surface area contributed by atoms with Gasteiger partial charge < -0.3 is 24.3 Å². The molecule has 0 bridgehead atoms. The fraction of sp³-hybridized carbons (Fsp3) is 0.300. The van der Waals surface area contributed by atoms with Crippen molar-refractivity contribution in [2.45, 2.75) is 6.10 Å². The van der Waals surface area contributed by atoms with Crippen LogP contribution in [0.1, 0.15) is 10.4 Å². The Kier molecular flexibility index (Phi) is 2.41. The van der Waals surface area contributed by atoms with Gasteiger partial charge in [-0.2, -0.15) is 0 Å². The van der Waals surface area contributed by atoms with Gasteiger partial charge in [0.15, 0.2) is 0 Å². The number of para-hydroxylation sites is 1. The monoisotopic (exact) mass is 237 g/mol. The number of nitrogens with two attached hydrogens (primary N) is 1. The van der Waals surface area contributed by atoms with E-state index in [4.69, 9.17) is 19.1 Å². The molecule has 90 valence electrons. The number of aliphatic hydroxyl groups excluding tert-OH is 1. The van der Waals surface area contributed by atoms with Crippen LogP contribution in [0.2, 0.25) is 0 Å². The van der Waals surface area contributed by atoms with Crippen LogP contribution in [0.15, 0.2) is 24.3 Å². The van der Waals surface area contributed by atoms with Crippen LogP contribution < -0.4 is 9.88 Å². The summed E-state index contributed by atoms with van der Waals surface area (Å²) in [6, 6.07) is 6.93. The Balaban J connectivity index is 1.91. The fourth-order valence-electron chi connectivity index (χ4n) is 2.09. The molecule has 1 spiro atoms. The second kappa shape index (κ2) is 3.81. The minimum absolute atomic E-state index is 0.156. The number of primary amides is 1. The number of rotatable bonds is 1. The summed E-state index contributed by atoms with van der Waals surface area (Å²) in [6.07, 6.45) is -0.440. The molecule has 1 amide bonds. The zero-order chi connectivity index (χ0) is 11.9. The first-order valence-electron chi connectivity index (χ1n) is 5.47. The van der Waals surface area contributed by atoms with Gasteiger partial charge in [-0.15, -0.1) is 0 Å². The SMILES string of the molecule is O=C1[NH2+][B-]2(OCC(CO)O2)Oc2ccccc21. The molecule has 6 nitrogen and oxygen atoms in total. The van der Waals surface area contributed by atoms with E-state index in [0.717, 1.165) is 0 Å². The maximum atomic E-state index is 11.9. The highest BCUT2D eigenvalue weighted by atomic mass is 16.8. The number of hydrogen-bond acceptors (Lipinski definition) is 5. The van der Waals surface area contributed by atoms with Crippen molar-refractivity contribution in [3.63, 3.8) is 0 Å². The number of benzene rings is 1. The summed E-state index contributed by atoms with van der Waals surface area (Å²) in [7, 11) is 0. The van der Waals surface area contributed by atoms with Crippen molar-refractivity contribution in [2.75, 3.05) is 13.2 Å². The molecule has 0 saturated carbocycles. The molecule has 7 heteroatoms. The van der Waals surface area contributed by atoms with Crippen molar-refractivity contribution in [3.05, 3.63) is 29.8 Å². The van der Waals surface area contributed by atoms with E-state index in [1.165, 1.54) is 5.23 Å². The summed E-state index contributed by atoms with van der Waals surface area (Å²) in [5.41, 5.74) is 0.500. The second-order valence-electron chi connectivity index (χ2n) is 4.12. The molecule has 1 saturated heterocycles. The zero-order valence-corrected chi connectivity index (χ0v) is 9.04. The molecule has 3 rings (SSSR count). The van der Waals surface area contributed by atoms with Gasteiger partial charge in [-0.05, 0) is 12.1 Å². The van der Waals surface area contributed by atoms with Crippen LogP contribution in [-0.4, -0.2) is 37.2 Å². The second-order valence-corrected chi connectivity index (χ2v) is 4.12. The molecule has 0 radical (unpaired) electrons. The molecule has 1 aromatic carbocycles. The highest BCUT2D eigenvalue weighted by Crippen LogP contribution is 2.25. The van der Waals surface area contributed by atoms with Crippen LogP contribution >= 0.6 is 0 Å². The first kappa shape index (κ1) is 10.7. The van der Waals surface area contributed by atoms with Gasteiger partial charge in [-0.1, -0.05) is 12.1 Å². The Morgan fingerprint density at radius 1 is 1.47 bits per heavy atom. The molecule has 3 N–H and O–H groups in total. The minimum atomic E-state index is -2.18. The maximum Gasteiger partial charge on any atom is 0.687 e. The maximum absolute atomic E-state index is 11.9. The van der Waals surface area contributed by atoms with Crippen LogP contribution in [0.3, 0.4) is 0 Å². The van der Waals surface area contributed by atoms with E-state index >= 15 is 0 Å². The van der Waals surface area contributed by atoms with E-state index in [9.17, 15) is 4.79 Å². The topological polar surface area (TPSA) is 81.6 Å². The smallest absolute Gasteiger partial charge is 0.614 e. The van der Waals surface area contributed by atoms with Gasteiger partial charge in [0.1, 0.15) is 5.56 Å². The predicted octanol–water partition coefficient (Wildman–Crippen LogP) is -1.37. The van der Waals surface area contributed by atoms with Crippen LogP contribution in [0.4, 0.5) is 0 Å². The third-order valence-electron chi connectivity index (χ3n) is 2.90. The number of quaternary nitrogens is 1. The first-order valence-corrected chi connectivity index (χ1v) is 5.47. The molecule has 2 atom stereocenters. The zero-order valence-electron chi connectivity index (χ0n) is 9.04. The van der Waals surface area contributed by atoms with Gasteiger partial charge in [-0.25, -0.2) is 4.79 Å². The van der Waals surface area contributed by atoms with Gasteiger partial charge >= 0.3 is 12.8 Å². The van der Waals surface area contributed by atoms with Crippen molar-refractivity contribution in [2.24, 2.45) is 0 Å². The molecule has 1 fully saturated rings. The lowest BCUT2D eigenvalue weighted by atomic mass is 9.92. The Bertz CT molecular complexity index is 468. The molecule has 2 heterocycles. The molecule has 2 aliphatic rings. The number of hydrogen-bond donors (Lipinski definition) is 2. The Hall–Kier alpha value is -1.41. The molecule has 17 heavy (non-hydrogen) atoms. The molecule has 1 aromatic rings. The van der Waals surface area contributed by atoms with Gasteiger partial charge in [0.25, 0.3) is 0 Å². The largest absolute Gasteiger partial charge is 0.687 e. The van der Waals surface area contributed by atoms with E-state index in [0.29, 0.717) is 11.3 Å². The lowest BCUT2D eigenvalue weighted by molar-refractivity contribution is -0.476. The summed E-state index contributed by atoms with van der Waals surface area (Å²) >= 11 is 0. The van der Waals surface area contributed by atoms with E-state index in [1.54, 1.807) is 24.3 Å². The van der Waals surface area contributed by atoms with Crippen LogP contribution in [0.25, 0.3) is 0 Å². The quantitative estimate of drug-likeness (QED) is 0.588. The van der Waals surface area contributed by atoms with Gasteiger partial charge in [-0.3, -0.25) is 0 Å². The summed E-state index contributed by atoms with van der Waals surface area (Å²) in [6.45, 7) is -2.12. The molecular weight excluding hydrogens is 225 g/mol. The minimum Gasteiger partial charge on any atom is -0.614 e. The van der Waals surface area contributed by atoms with Crippen LogP contribution in [0, 0.1) is 0 Å². The molecule has 0 aromatic heterocycles. The Morgan fingerprint density at radius 2 is 2.29 bits per heavy atom. The lowest BCUT2D eigenvalue weighted by Gasteiger charge is -2.34. The average Bonchev–Trinajstić information content (AvgIpc) is 2.72. The molecule has 2 aliphatic heterocycles. The van der Waals surface area contributed by atoms with Crippen molar-refractivity contribution in [1.82, 2.24) is 0 Å². The van der Waals surface area contributed by atoms with Gasteiger partial charge in [0, 0.05) is 6.61 Å². The van der Waals surface area contributed by atoms with Crippen molar-refractivity contribution < 1.29 is 29.1 Å². The number of aliphatic hydroxyl groups is 1. The predicted molar refractivity (Wildman–Crippen MR) is 57.0 cm³/mol. The third-order valence-corrected chi connectivity index (χ3v) is 2.90. The van der Waals surface area contributed by atoms with E-state index in [-0.39, 0.29) is 19.1 Å². The Labute approximate surface area is 97.5 Å². The number of carbonyl (C=O) groups is 1. The number of fused-ring (bicyclic) bond motifs is 1. The molecule has 2 unspecified atom stereocenters.